The number of sulfonamides is 1. The fourth-order valence-corrected chi connectivity index (χ4v) is 4.11. The van der Waals surface area contributed by atoms with E-state index in [1.165, 1.54) is 60.7 Å². The molecule has 0 heterocycles. The fourth-order valence-electron chi connectivity index (χ4n) is 3.00. The molecule has 3 aromatic rings. The largest absolute Gasteiger partial charge is 0.347 e. The van der Waals surface area contributed by atoms with Crippen LogP contribution in [0.15, 0.2) is 82.9 Å². The van der Waals surface area contributed by atoms with E-state index in [4.69, 9.17) is 0 Å². The Labute approximate surface area is 197 Å². The van der Waals surface area contributed by atoms with Gasteiger partial charge in [0.15, 0.2) is 0 Å². The van der Waals surface area contributed by atoms with Crippen LogP contribution in [0, 0.1) is 4.91 Å². The Bertz CT molecular complexity index is 1330. The van der Waals surface area contributed by atoms with Gasteiger partial charge in [-0.3, -0.25) is 14.3 Å². The number of hydrogen-bond acceptors (Lipinski definition) is 6. The lowest BCUT2D eigenvalue weighted by atomic mass is 10.1. The van der Waals surface area contributed by atoms with E-state index in [1.807, 2.05) is 20.8 Å². The molecule has 2 amide bonds. The van der Waals surface area contributed by atoms with Crippen molar-refractivity contribution >= 4 is 38.9 Å². The highest BCUT2D eigenvalue weighted by Gasteiger charge is 2.18. The van der Waals surface area contributed by atoms with E-state index in [0.717, 1.165) is 0 Å². The summed E-state index contributed by atoms with van der Waals surface area (Å²) in [6.07, 6.45) is 0. The topological polar surface area (TPSA) is 134 Å². The first-order valence-electron chi connectivity index (χ1n) is 10.3. The van der Waals surface area contributed by atoms with Crippen LogP contribution in [0.2, 0.25) is 0 Å². The second-order valence-electron chi connectivity index (χ2n) is 8.48. The number of nitroso groups, excluding NO2 is 1. The second kappa shape index (κ2) is 9.84. The van der Waals surface area contributed by atoms with Crippen LogP contribution >= 0.6 is 0 Å². The number of hydrogen-bond donors (Lipinski definition) is 3. The van der Waals surface area contributed by atoms with E-state index in [-0.39, 0.29) is 33.4 Å². The maximum atomic E-state index is 12.9. The van der Waals surface area contributed by atoms with Gasteiger partial charge in [0.2, 0.25) is 0 Å². The zero-order valence-corrected chi connectivity index (χ0v) is 19.6. The first-order chi connectivity index (χ1) is 16.0. The van der Waals surface area contributed by atoms with Crippen molar-refractivity contribution in [1.82, 2.24) is 5.32 Å². The fraction of sp³-hybridized carbons (Fsp3) is 0.167. The van der Waals surface area contributed by atoms with Gasteiger partial charge in [-0.05, 0) is 80.5 Å². The number of nitrogens with one attached hydrogen (secondary N) is 3. The number of amides is 2. The minimum absolute atomic E-state index is 0.0231. The third kappa shape index (κ3) is 6.26. The molecule has 0 unspecified atom stereocenters. The summed E-state index contributed by atoms with van der Waals surface area (Å²) in [7, 11) is -3.98. The predicted octanol–water partition coefficient (Wildman–Crippen LogP) is 4.67. The van der Waals surface area contributed by atoms with Crippen molar-refractivity contribution < 1.29 is 18.0 Å². The Hall–Kier alpha value is -4.05. The van der Waals surface area contributed by atoms with Crippen molar-refractivity contribution in [3.63, 3.8) is 0 Å². The van der Waals surface area contributed by atoms with Crippen LogP contribution in [0.5, 0.6) is 0 Å². The molecule has 0 saturated carbocycles. The van der Waals surface area contributed by atoms with Gasteiger partial charge in [0, 0.05) is 22.5 Å². The van der Waals surface area contributed by atoms with Crippen molar-refractivity contribution in [1.29, 1.82) is 0 Å². The quantitative estimate of drug-likeness (QED) is 0.423. The van der Waals surface area contributed by atoms with E-state index in [9.17, 15) is 22.9 Å². The molecule has 34 heavy (non-hydrogen) atoms. The van der Waals surface area contributed by atoms with Gasteiger partial charge >= 0.3 is 0 Å². The molecular weight excluding hydrogens is 456 g/mol. The summed E-state index contributed by atoms with van der Waals surface area (Å²) < 4.78 is 28.2. The highest BCUT2D eigenvalue weighted by atomic mass is 32.2. The van der Waals surface area contributed by atoms with Crippen LogP contribution in [-0.2, 0) is 10.0 Å². The van der Waals surface area contributed by atoms with Gasteiger partial charge in [-0.1, -0.05) is 18.2 Å². The summed E-state index contributed by atoms with van der Waals surface area (Å²) in [5, 5.41) is 8.24. The molecule has 0 spiro atoms. The van der Waals surface area contributed by atoms with E-state index >= 15 is 0 Å². The molecule has 0 aliphatic rings. The van der Waals surface area contributed by atoms with Crippen LogP contribution in [0.4, 0.5) is 17.1 Å². The molecule has 0 aromatic heterocycles. The van der Waals surface area contributed by atoms with Gasteiger partial charge in [0.25, 0.3) is 21.8 Å². The van der Waals surface area contributed by atoms with Crippen LogP contribution in [0.25, 0.3) is 0 Å². The van der Waals surface area contributed by atoms with Gasteiger partial charge in [-0.15, -0.1) is 4.91 Å². The lowest BCUT2D eigenvalue weighted by Crippen LogP contribution is -2.40. The molecule has 0 fully saturated rings. The normalized spacial score (nSPS) is 11.4. The number of benzene rings is 3. The van der Waals surface area contributed by atoms with Crippen LogP contribution < -0.4 is 15.4 Å². The molecule has 0 aliphatic heterocycles. The Morgan fingerprint density at radius 3 is 2.15 bits per heavy atom. The summed E-state index contributed by atoms with van der Waals surface area (Å²) in [5.74, 6) is -0.862. The van der Waals surface area contributed by atoms with Gasteiger partial charge in [0.1, 0.15) is 5.69 Å². The van der Waals surface area contributed by atoms with E-state index < -0.39 is 21.5 Å². The molecular formula is C24H24N4O5S. The van der Waals surface area contributed by atoms with Crippen LogP contribution in [-0.4, -0.2) is 25.8 Å². The lowest BCUT2D eigenvalue weighted by molar-refractivity contribution is 0.0919. The number of carbonyl (C=O) groups is 2. The van der Waals surface area contributed by atoms with Gasteiger partial charge < -0.3 is 10.6 Å². The zero-order valence-electron chi connectivity index (χ0n) is 18.8. The van der Waals surface area contributed by atoms with Crippen molar-refractivity contribution in [2.75, 3.05) is 10.0 Å². The molecule has 0 radical (unpaired) electrons. The van der Waals surface area contributed by atoms with Crippen molar-refractivity contribution in [3.8, 4) is 0 Å². The molecule has 3 N–H and O–H groups in total. The third-order valence-electron chi connectivity index (χ3n) is 4.54. The lowest BCUT2D eigenvalue weighted by Gasteiger charge is -2.20. The van der Waals surface area contributed by atoms with Crippen LogP contribution in [0.1, 0.15) is 41.5 Å². The first-order valence-corrected chi connectivity index (χ1v) is 11.8. The summed E-state index contributed by atoms with van der Waals surface area (Å²) in [5.41, 5.74) is 0.539. The Morgan fingerprint density at radius 1 is 0.824 bits per heavy atom. The van der Waals surface area contributed by atoms with Gasteiger partial charge in [-0.25, -0.2) is 8.42 Å². The zero-order chi connectivity index (χ0) is 24.9. The molecule has 3 aromatic carbocycles. The Kier molecular flexibility index (Phi) is 7.11. The number of carbonyl (C=O) groups excluding carboxylic acids is 2. The summed E-state index contributed by atoms with van der Waals surface area (Å²) >= 11 is 0. The smallest absolute Gasteiger partial charge is 0.261 e. The Morgan fingerprint density at radius 2 is 1.50 bits per heavy atom. The maximum Gasteiger partial charge on any atom is 0.261 e. The summed E-state index contributed by atoms with van der Waals surface area (Å²) in [6.45, 7) is 5.59. The Balaban J connectivity index is 1.75. The number of nitrogens with zero attached hydrogens (tertiary/aromatic N) is 1. The first kappa shape index (κ1) is 24.6. The highest BCUT2D eigenvalue weighted by molar-refractivity contribution is 7.92. The average Bonchev–Trinajstić information content (AvgIpc) is 2.78. The van der Waals surface area contributed by atoms with E-state index in [0.29, 0.717) is 5.56 Å². The second-order valence-corrected chi connectivity index (χ2v) is 10.2. The van der Waals surface area contributed by atoms with Crippen molar-refractivity contribution in [3.05, 3.63) is 88.8 Å². The van der Waals surface area contributed by atoms with Crippen molar-refractivity contribution in [2.45, 2.75) is 31.2 Å². The number of anilines is 2. The molecule has 0 saturated heterocycles. The standard InChI is InChI=1S/C24H24N4O5S/c1-24(2,3)26-22(29)16-11-13-17(14-12-16)28-34(32,33)19-8-6-7-18(15-19)25-23(30)20-9-4-5-10-21(20)27-31/h4-15,28H,1-3H3,(H,25,30)(H,26,29). The number of rotatable bonds is 7. The molecule has 10 heteroatoms. The highest BCUT2D eigenvalue weighted by Crippen LogP contribution is 2.23. The molecule has 0 aliphatic carbocycles. The average molecular weight is 481 g/mol. The van der Waals surface area contributed by atoms with Crippen molar-refractivity contribution in [2.24, 2.45) is 5.18 Å². The predicted molar refractivity (Wildman–Crippen MR) is 131 cm³/mol. The third-order valence-corrected chi connectivity index (χ3v) is 5.92. The van der Waals surface area contributed by atoms with E-state index in [2.05, 4.69) is 20.5 Å². The molecule has 9 nitrogen and oxygen atoms in total. The summed E-state index contributed by atoms with van der Waals surface area (Å²) in [6, 6.07) is 17.7. The monoisotopic (exact) mass is 480 g/mol. The minimum atomic E-state index is -3.98. The van der Waals surface area contributed by atoms with E-state index in [1.54, 1.807) is 12.1 Å². The molecule has 0 atom stereocenters. The summed E-state index contributed by atoms with van der Waals surface area (Å²) in [4.78, 5) is 35.6. The maximum absolute atomic E-state index is 12.9. The SMILES string of the molecule is CC(C)(C)NC(=O)c1ccc(NS(=O)(=O)c2cccc(NC(=O)c3ccccc3N=O)c2)cc1. The van der Waals surface area contributed by atoms with Crippen LogP contribution in [0.3, 0.4) is 0 Å². The molecule has 176 valence electrons. The molecule has 3 rings (SSSR count). The molecule has 0 bridgehead atoms. The van der Waals surface area contributed by atoms with Gasteiger partial charge in [0.05, 0.1) is 10.5 Å². The van der Waals surface area contributed by atoms with Gasteiger partial charge in [-0.2, -0.15) is 0 Å². The minimum Gasteiger partial charge on any atom is -0.347 e.